The molecule has 1 aliphatic heterocycles. The van der Waals surface area contributed by atoms with Gasteiger partial charge in [0.1, 0.15) is 0 Å². The zero-order valence-corrected chi connectivity index (χ0v) is 12.1. The van der Waals surface area contributed by atoms with Crippen LogP contribution in [0.3, 0.4) is 0 Å². The number of rotatable bonds is 2. The van der Waals surface area contributed by atoms with Crippen molar-refractivity contribution < 1.29 is 0 Å². The number of halogens is 1. The predicted octanol–water partition coefficient (Wildman–Crippen LogP) is 2.32. The topological polar surface area (TPSA) is 41.0 Å². The molecule has 1 saturated heterocycles. The third-order valence-electron chi connectivity index (χ3n) is 3.21. The molecular weight excluding hydrogens is 304 g/mol. The minimum atomic E-state index is 0.903. The second-order valence-electron chi connectivity index (χ2n) is 4.52. The summed E-state index contributed by atoms with van der Waals surface area (Å²) in [5.41, 5.74) is 1.98. The summed E-state index contributed by atoms with van der Waals surface area (Å²) < 4.78 is 1.05. The number of hydrogen-bond acceptors (Lipinski definition) is 4. The van der Waals surface area contributed by atoms with Crippen molar-refractivity contribution in [3.05, 3.63) is 40.9 Å². The van der Waals surface area contributed by atoms with Gasteiger partial charge in [0.15, 0.2) is 5.82 Å². The molecule has 0 unspecified atom stereocenters. The SMILES string of the molecule is Brc1cccc(-c2ccc(N3CCNCC3)nn2)c1. The zero-order chi connectivity index (χ0) is 13.1. The van der Waals surface area contributed by atoms with Crippen LogP contribution in [-0.4, -0.2) is 36.4 Å². The third kappa shape index (κ3) is 2.93. The molecule has 2 aromatic rings. The highest BCUT2D eigenvalue weighted by molar-refractivity contribution is 9.10. The summed E-state index contributed by atoms with van der Waals surface area (Å²) in [6, 6.07) is 12.2. The highest BCUT2D eigenvalue weighted by Gasteiger charge is 2.12. The first-order valence-electron chi connectivity index (χ1n) is 6.38. The van der Waals surface area contributed by atoms with Crippen LogP contribution in [0.2, 0.25) is 0 Å². The number of nitrogens with one attached hydrogen (secondary N) is 1. The van der Waals surface area contributed by atoms with E-state index in [4.69, 9.17) is 0 Å². The van der Waals surface area contributed by atoms with Crippen LogP contribution in [0.5, 0.6) is 0 Å². The summed E-state index contributed by atoms with van der Waals surface area (Å²) in [4.78, 5) is 2.26. The van der Waals surface area contributed by atoms with Gasteiger partial charge in [-0.3, -0.25) is 0 Å². The van der Waals surface area contributed by atoms with Crippen LogP contribution in [-0.2, 0) is 0 Å². The van der Waals surface area contributed by atoms with Crippen molar-refractivity contribution in [3.8, 4) is 11.3 Å². The van der Waals surface area contributed by atoms with Crippen molar-refractivity contribution >= 4 is 21.7 Å². The highest BCUT2D eigenvalue weighted by atomic mass is 79.9. The van der Waals surface area contributed by atoms with Crippen LogP contribution >= 0.6 is 15.9 Å². The molecule has 0 spiro atoms. The van der Waals surface area contributed by atoms with Crippen molar-refractivity contribution in [1.29, 1.82) is 0 Å². The van der Waals surface area contributed by atoms with Crippen molar-refractivity contribution in [2.24, 2.45) is 0 Å². The Balaban J connectivity index is 1.82. The number of nitrogens with zero attached hydrogens (tertiary/aromatic N) is 3. The standard InChI is InChI=1S/C14H15BrN4/c15-12-3-1-2-11(10-12)13-4-5-14(18-17-13)19-8-6-16-7-9-19/h1-5,10,16H,6-9H2. The number of aromatic nitrogens is 2. The van der Waals surface area contributed by atoms with Gasteiger partial charge in [-0.05, 0) is 24.3 Å². The van der Waals surface area contributed by atoms with Crippen LogP contribution in [0, 0.1) is 0 Å². The molecule has 0 saturated carbocycles. The van der Waals surface area contributed by atoms with Gasteiger partial charge in [0.25, 0.3) is 0 Å². The first-order valence-corrected chi connectivity index (χ1v) is 7.17. The molecule has 0 amide bonds. The van der Waals surface area contributed by atoms with Gasteiger partial charge in [-0.1, -0.05) is 28.1 Å². The van der Waals surface area contributed by atoms with Gasteiger partial charge in [-0.2, -0.15) is 0 Å². The fourth-order valence-corrected chi connectivity index (χ4v) is 2.59. The maximum atomic E-state index is 4.34. The van der Waals surface area contributed by atoms with Gasteiger partial charge in [0.2, 0.25) is 0 Å². The minimum Gasteiger partial charge on any atom is -0.353 e. The van der Waals surface area contributed by atoms with E-state index in [2.05, 4.69) is 48.5 Å². The van der Waals surface area contributed by atoms with Crippen molar-refractivity contribution in [2.45, 2.75) is 0 Å². The maximum absolute atomic E-state index is 4.34. The van der Waals surface area contributed by atoms with E-state index in [-0.39, 0.29) is 0 Å². The highest BCUT2D eigenvalue weighted by Crippen LogP contribution is 2.22. The van der Waals surface area contributed by atoms with Gasteiger partial charge >= 0.3 is 0 Å². The van der Waals surface area contributed by atoms with Gasteiger partial charge in [0, 0.05) is 36.2 Å². The molecule has 0 aliphatic carbocycles. The maximum Gasteiger partial charge on any atom is 0.151 e. The molecule has 1 N–H and O–H groups in total. The Kier molecular flexibility index (Phi) is 3.75. The van der Waals surface area contributed by atoms with E-state index in [1.165, 1.54) is 0 Å². The molecule has 98 valence electrons. The quantitative estimate of drug-likeness (QED) is 0.922. The minimum absolute atomic E-state index is 0.903. The zero-order valence-electron chi connectivity index (χ0n) is 10.5. The first-order chi connectivity index (χ1) is 9.33. The van der Waals surface area contributed by atoms with Gasteiger partial charge in [-0.25, -0.2) is 0 Å². The molecule has 2 heterocycles. The third-order valence-corrected chi connectivity index (χ3v) is 3.71. The molecular formula is C14H15BrN4. The fourth-order valence-electron chi connectivity index (χ4n) is 2.19. The first kappa shape index (κ1) is 12.6. The number of hydrogen-bond donors (Lipinski definition) is 1. The summed E-state index contributed by atoms with van der Waals surface area (Å²) in [7, 11) is 0. The molecule has 5 heteroatoms. The molecule has 3 rings (SSSR count). The van der Waals surface area contributed by atoms with E-state index in [1.54, 1.807) is 0 Å². The van der Waals surface area contributed by atoms with E-state index < -0.39 is 0 Å². The average molecular weight is 319 g/mol. The second-order valence-corrected chi connectivity index (χ2v) is 5.44. The van der Waals surface area contributed by atoms with E-state index in [0.29, 0.717) is 0 Å². The average Bonchev–Trinajstić information content (AvgIpc) is 2.48. The van der Waals surface area contributed by atoms with Gasteiger partial charge in [0.05, 0.1) is 5.69 Å². The summed E-state index contributed by atoms with van der Waals surface area (Å²) in [5.74, 6) is 0.959. The number of benzene rings is 1. The van der Waals surface area contributed by atoms with Crippen LogP contribution in [0.25, 0.3) is 11.3 Å². The van der Waals surface area contributed by atoms with E-state index in [0.717, 1.165) is 47.7 Å². The van der Waals surface area contributed by atoms with E-state index in [9.17, 15) is 0 Å². The summed E-state index contributed by atoms with van der Waals surface area (Å²) in [6.45, 7) is 4.00. The summed E-state index contributed by atoms with van der Waals surface area (Å²) in [5, 5.41) is 12.0. The normalized spacial score (nSPS) is 15.5. The van der Waals surface area contributed by atoms with Crippen LogP contribution in [0.4, 0.5) is 5.82 Å². The summed E-state index contributed by atoms with van der Waals surface area (Å²) >= 11 is 3.47. The van der Waals surface area contributed by atoms with Crippen molar-refractivity contribution in [1.82, 2.24) is 15.5 Å². The van der Waals surface area contributed by atoms with E-state index in [1.807, 2.05) is 24.3 Å². The lowest BCUT2D eigenvalue weighted by Crippen LogP contribution is -2.43. The monoisotopic (exact) mass is 318 g/mol. The van der Waals surface area contributed by atoms with Crippen molar-refractivity contribution in [2.75, 3.05) is 31.1 Å². The molecule has 1 aliphatic rings. The Morgan fingerprint density at radius 2 is 1.89 bits per heavy atom. The largest absolute Gasteiger partial charge is 0.353 e. The number of piperazine rings is 1. The molecule has 1 aromatic carbocycles. The fraction of sp³-hybridized carbons (Fsp3) is 0.286. The predicted molar refractivity (Wildman–Crippen MR) is 80.3 cm³/mol. The molecule has 1 aromatic heterocycles. The molecule has 4 nitrogen and oxygen atoms in total. The lowest BCUT2D eigenvalue weighted by molar-refractivity contribution is 0.583. The smallest absolute Gasteiger partial charge is 0.151 e. The summed E-state index contributed by atoms with van der Waals surface area (Å²) in [6.07, 6.45) is 0. The number of anilines is 1. The van der Waals surface area contributed by atoms with Crippen LogP contribution in [0.1, 0.15) is 0 Å². The van der Waals surface area contributed by atoms with Gasteiger partial charge < -0.3 is 10.2 Å². The molecule has 0 radical (unpaired) electrons. The van der Waals surface area contributed by atoms with E-state index >= 15 is 0 Å². The Morgan fingerprint density at radius 1 is 1.05 bits per heavy atom. The Bertz CT molecular complexity index is 550. The molecule has 0 atom stereocenters. The van der Waals surface area contributed by atoms with Crippen LogP contribution in [0.15, 0.2) is 40.9 Å². The Morgan fingerprint density at radius 3 is 2.58 bits per heavy atom. The lowest BCUT2D eigenvalue weighted by Gasteiger charge is -2.27. The lowest BCUT2D eigenvalue weighted by atomic mass is 10.1. The Hall–Kier alpha value is -1.46. The van der Waals surface area contributed by atoms with Crippen LogP contribution < -0.4 is 10.2 Å². The molecule has 1 fully saturated rings. The molecule has 0 bridgehead atoms. The second kappa shape index (κ2) is 5.67. The van der Waals surface area contributed by atoms with Crippen molar-refractivity contribution in [3.63, 3.8) is 0 Å². The Labute approximate surface area is 121 Å². The van der Waals surface area contributed by atoms with Gasteiger partial charge in [-0.15, -0.1) is 10.2 Å². The molecule has 19 heavy (non-hydrogen) atoms.